The van der Waals surface area contributed by atoms with E-state index in [4.69, 9.17) is 0 Å². The van der Waals surface area contributed by atoms with Crippen LogP contribution < -0.4 is 10.2 Å². The number of benzene rings is 1. The zero-order valence-corrected chi connectivity index (χ0v) is 16.8. The molecule has 3 heterocycles. The van der Waals surface area contributed by atoms with Crippen molar-refractivity contribution in [2.24, 2.45) is 0 Å². The molecule has 0 spiro atoms. The van der Waals surface area contributed by atoms with Crippen molar-refractivity contribution in [2.45, 2.75) is 39.2 Å². The molecule has 2 saturated heterocycles. The number of amides is 1. The zero-order chi connectivity index (χ0) is 19.5. The highest BCUT2D eigenvalue weighted by Gasteiger charge is 2.26. The molecule has 28 heavy (non-hydrogen) atoms. The van der Waals surface area contributed by atoms with Crippen LogP contribution in [0.15, 0.2) is 30.3 Å². The van der Waals surface area contributed by atoms with E-state index < -0.39 is 0 Å². The first-order valence-electron chi connectivity index (χ1n) is 10.2. The highest BCUT2D eigenvalue weighted by atomic mass is 16.2. The van der Waals surface area contributed by atoms with E-state index in [2.05, 4.69) is 57.4 Å². The lowest BCUT2D eigenvalue weighted by Gasteiger charge is -2.35. The van der Waals surface area contributed by atoms with Gasteiger partial charge in [-0.05, 0) is 38.8 Å². The predicted octanol–water partition coefficient (Wildman–Crippen LogP) is 2.41. The number of piperidine rings is 1. The predicted molar refractivity (Wildman–Crippen MR) is 110 cm³/mol. The van der Waals surface area contributed by atoms with Gasteiger partial charge in [-0.15, -0.1) is 0 Å². The topological polar surface area (TPSA) is 61.4 Å². The van der Waals surface area contributed by atoms with Crippen LogP contribution in [0, 0.1) is 13.8 Å². The van der Waals surface area contributed by atoms with Crippen molar-refractivity contribution in [1.29, 1.82) is 0 Å². The number of carbonyl (C=O) groups is 1. The summed E-state index contributed by atoms with van der Waals surface area (Å²) in [5.74, 6) is 2.27. The van der Waals surface area contributed by atoms with Crippen LogP contribution in [0.3, 0.4) is 0 Å². The molecule has 0 radical (unpaired) electrons. The number of hydrogen-bond donors (Lipinski definition) is 1. The van der Waals surface area contributed by atoms with Crippen LogP contribution in [0.25, 0.3) is 0 Å². The Labute approximate surface area is 167 Å². The summed E-state index contributed by atoms with van der Waals surface area (Å²) in [6, 6.07) is 10.5. The smallest absolute Gasteiger partial charge is 0.242 e. The summed E-state index contributed by atoms with van der Waals surface area (Å²) >= 11 is 0. The number of rotatable bonds is 4. The Hall–Kier alpha value is -2.47. The molecule has 1 aromatic heterocycles. The molecule has 4 rings (SSSR count). The van der Waals surface area contributed by atoms with Crippen LogP contribution in [0.5, 0.6) is 0 Å². The third-order valence-corrected chi connectivity index (χ3v) is 5.66. The molecule has 1 N–H and O–H groups in total. The van der Waals surface area contributed by atoms with Gasteiger partial charge in [0.1, 0.15) is 11.6 Å². The van der Waals surface area contributed by atoms with Crippen molar-refractivity contribution in [2.75, 3.05) is 37.6 Å². The third kappa shape index (κ3) is 4.33. The first-order chi connectivity index (χ1) is 13.6. The molecule has 1 atom stereocenters. The molecular weight excluding hydrogens is 350 g/mol. The van der Waals surface area contributed by atoms with Crippen molar-refractivity contribution in [3.8, 4) is 0 Å². The summed E-state index contributed by atoms with van der Waals surface area (Å²) in [7, 11) is 0. The monoisotopic (exact) mass is 379 g/mol. The SMILES string of the molecule is Cc1cccc(CN2CCN(c3cc(C4CCCNC4)nc(C)n3)CC2=O)c1. The standard InChI is InChI=1S/C22H29N5O/c1-16-5-3-6-18(11-16)14-27-10-9-26(15-22(27)28)21-12-20(24-17(2)25-21)19-7-4-8-23-13-19/h3,5-6,11-12,19,23H,4,7-10,13-15H2,1-2H3. The molecule has 0 bridgehead atoms. The minimum Gasteiger partial charge on any atom is -0.345 e. The van der Waals surface area contributed by atoms with Crippen LogP contribution in [0.1, 0.15) is 41.4 Å². The lowest BCUT2D eigenvalue weighted by molar-refractivity contribution is -0.131. The second-order valence-electron chi connectivity index (χ2n) is 7.97. The number of piperazine rings is 1. The van der Waals surface area contributed by atoms with Gasteiger partial charge in [-0.25, -0.2) is 9.97 Å². The van der Waals surface area contributed by atoms with Crippen LogP contribution in [-0.4, -0.2) is 53.5 Å². The van der Waals surface area contributed by atoms with Gasteiger partial charge < -0.3 is 15.1 Å². The fourth-order valence-electron chi connectivity index (χ4n) is 4.15. The highest BCUT2D eigenvalue weighted by Crippen LogP contribution is 2.25. The van der Waals surface area contributed by atoms with Crippen LogP contribution in [0.2, 0.25) is 0 Å². The summed E-state index contributed by atoms with van der Waals surface area (Å²) in [6.45, 7) is 8.66. The van der Waals surface area contributed by atoms with E-state index in [-0.39, 0.29) is 5.91 Å². The van der Waals surface area contributed by atoms with Gasteiger partial charge in [-0.2, -0.15) is 0 Å². The molecular formula is C22H29N5O. The number of nitrogens with zero attached hydrogens (tertiary/aromatic N) is 4. The number of carbonyl (C=O) groups excluding carboxylic acids is 1. The summed E-state index contributed by atoms with van der Waals surface area (Å²) in [4.78, 5) is 26.1. The summed E-state index contributed by atoms with van der Waals surface area (Å²) < 4.78 is 0. The maximum absolute atomic E-state index is 12.8. The van der Waals surface area contributed by atoms with Crippen LogP contribution in [0.4, 0.5) is 5.82 Å². The largest absolute Gasteiger partial charge is 0.345 e. The number of aryl methyl sites for hydroxylation is 2. The Morgan fingerprint density at radius 3 is 2.82 bits per heavy atom. The molecule has 1 aromatic carbocycles. The van der Waals surface area contributed by atoms with Gasteiger partial charge in [-0.1, -0.05) is 29.8 Å². The first-order valence-corrected chi connectivity index (χ1v) is 10.2. The van der Waals surface area contributed by atoms with Crippen LogP contribution >= 0.6 is 0 Å². The van der Waals surface area contributed by atoms with E-state index >= 15 is 0 Å². The normalized spacial score (nSPS) is 20.5. The van der Waals surface area contributed by atoms with E-state index in [1.165, 1.54) is 17.5 Å². The van der Waals surface area contributed by atoms with Crippen molar-refractivity contribution in [1.82, 2.24) is 20.2 Å². The molecule has 6 nitrogen and oxygen atoms in total. The van der Waals surface area contributed by atoms with Gasteiger partial charge in [0.25, 0.3) is 0 Å². The summed E-state index contributed by atoms with van der Waals surface area (Å²) in [5.41, 5.74) is 3.51. The Morgan fingerprint density at radius 2 is 2.07 bits per heavy atom. The lowest BCUT2D eigenvalue weighted by atomic mass is 9.96. The molecule has 0 aliphatic carbocycles. The molecule has 2 aliphatic heterocycles. The number of hydrogen-bond acceptors (Lipinski definition) is 5. The average molecular weight is 380 g/mol. The number of nitrogens with one attached hydrogen (secondary N) is 1. The zero-order valence-electron chi connectivity index (χ0n) is 16.8. The quantitative estimate of drug-likeness (QED) is 0.884. The van der Waals surface area contributed by atoms with Gasteiger partial charge in [0.15, 0.2) is 0 Å². The Kier molecular flexibility index (Phi) is 5.57. The number of aromatic nitrogens is 2. The molecule has 2 aromatic rings. The van der Waals surface area contributed by atoms with E-state index in [0.717, 1.165) is 49.9 Å². The van der Waals surface area contributed by atoms with Gasteiger partial charge in [0, 0.05) is 38.2 Å². The van der Waals surface area contributed by atoms with E-state index in [1.54, 1.807) is 0 Å². The lowest BCUT2D eigenvalue weighted by Crippen LogP contribution is -2.50. The number of anilines is 1. The molecule has 2 aliphatic rings. The first kappa shape index (κ1) is 18.9. The molecule has 1 amide bonds. The Balaban J connectivity index is 1.45. The minimum atomic E-state index is 0.157. The van der Waals surface area contributed by atoms with Gasteiger partial charge in [-0.3, -0.25) is 4.79 Å². The van der Waals surface area contributed by atoms with E-state index in [1.807, 2.05) is 11.8 Å². The summed E-state index contributed by atoms with van der Waals surface area (Å²) in [6.07, 6.45) is 2.34. The molecule has 6 heteroatoms. The molecule has 2 fully saturated rings. The van der Waals surface area contributed by atoms with E-state index in [9.17, 15) is 4.79 Å². The van der Waals surface area contributed by atoms with Gasteiger partial charge in [0.2, 0.25) is 5.91 Å². The average Bonchev–Trinajstić information content (AvgIpc) is 2.70. The van der Waals surface area contributed by atoms with Crippen LogP contribution in [-0.2, 0) is 11.3 Å². The molecule has 0 saturated carbocycles. The van der Waals surface area contributed by atoms with Gasteiger partial charge >= 0.3 is 0 Å². The Morgan fingerprint density at radius 1 is 1.18 bits per heavy atom. The third-order valence-electron chi connectivity index (χ3n) is 5.66. The van der Waals surface area contributed by atoms with Crippen molar-refractivity contribution >= 4 is 11.7 Å². The Bertz CT molecular complexity index is 847. The van der Waals surface area contributed by atoms with E-state index in [0.29, 0.717) is 19.0 Å². The van der Waals surface area contributed by atoms with Crippen molar-refractivity contribution in [3.63, 3.8) is 0 Å². The van der Waals surface area contributed by atoms with Crippen molar-refractivity contribution in [3.05, 3.63) is 53.0 Å². The fourth-order valence-corrected chi connectivity index (χ4v) is 4.15. The fraction of sp³-hybridized carbons (Fsp3) is 0.500. The second-order valence-corrected chi connectivity index (χ2v) is 7.97. The molecule has 148 valence electrons. The minimum absolute atomic E-state index is 0.157. The second kappa shape index (κ2) is 8.27. The van der Waals surface area contributed by atoms with Gasteiger partial charge in [0.05, 0.1) is 12.2 Å². The maximum Gasteiger partial charge on any atom is 0.242 e. The molecule has 1 unspecified atom stereocenters. The maximum atomic E-state index is 12.8. The summed E-state index contributed by atoms with van der Waals surface area (Å²) in [5, 5.41) is 3.46. The highest BCUT2D eigenvalue weighted by molar-refractivity contribution is 5.82. The van der Waals surface area contributed by atoms with Crippen molar-refractivity contribution < 1.29 is 4.79 Å².